The molecule has 0 saturated carbocycles. The van der Waals surface area contributed by atoms with Crippen LogP contribution in [0.15, 0.2) is 63.5 Å². The molecule has 0 amide bonds. The lowest BCUT2D eigenvalue weighted by molar-refractivity contribution is -0.136. The molecule has 4 rings (SSSR count). The quantitative estimate of drug-likeness (QED) is 0.520. The van der Waals surface area contributed by atoms with Crippen LogP contribution in [0.25, 0.3) is 6.08 Å². The molecule has 170 valence electrons. The van der Waals surface area contributed by atoms with E-state index in [1.165, 1.54) is 23.0 Å². The third-order valence-electron chi connectivity index (χ3n) is 5.32. The van der Waals surface area contributed by atoms with Crippen molar-refractivity contribution >= 4 is 35.0 Å². The number of halogens is 1. The molecule has 1 aliphatic heterocycles. The molecule has 0 bridgehead atoms. The molecule has 0 aliphatic carbocycles. The normalized spacial score (nSPS) is 15.7. The number of rotatable bonds is 5. The van der Waals surface area contributed by atoms with Gasteiger partial charge >= 0.3 is 5.97 Å². The topological polar surface area (TPSA) is 79.1 Å². The third-order valence-corrected chi connectivity index (χ3v) is 6.55. The van der Waals surface area contributed by atoms with Gasteiger partial charge in [0.15, 0.2) is 16.3 Å². The van der Waals surface area contributed by atoms with Crippen LogP contribution in [-0.4, -0.2) is 31.9 Å². The number of hydrogen-bond donors (Lipinski definition) is 0. The van der Waals surface area contributed by atoms with Crippen molar-refractivity contribution in [1.82, 2.24) is 4.57 Å². The van der Waals surface area contributed by atoms with E-state index in [4.69, 9.17) is 25.8 Å². The fourth-order valence-corrected chi connectivity index (χ4v) is 4.92. The highest BCUT2D eigenvalue weighted by Gasteiger charge is 2.33. The predicted molar refractivity (Wildman–Crippen MR) is 127 cm³/mol. The van der Waals surface area contributed by atoms with Crippen LogP contribution in [-0.2, 0) is 9.53 Å². The summed E-state index contributed by atoms with van der Waals surface area (Å²) in [6.07, 6.45) is 1.77. The fraction of sp³-hybridized carbons (Fsp3) is 0.208. The Morgan fingerprint density at radius 3 is 2.42 bits per heavy atom. The molecule has 0 fully saturated rings. The molecule has 7 nitrogen and oxygen atoms in total. The number of hydrogen-bond acceptors (Lipinski definition) is 7. The van der Waals surface area contributed by atoms with Gasteiger partial charge in [0.1, 0.15) is 0 Å². The summed E-state index contributed by atoms with van der Waals surface area (Å²) in [5.41, 5.74) is 2.05. The number of fused-ring (bicyclic) bond motifs is 1. The van der Waals surface area contributed by atoms with Crippen LogP contribution in [0.1, 0.15) is 24.1 Å². The molecule has 1 aromatic heterocycles. The van der Waals surface area contributed by atoms with Crippen molar-refractivity contribution in [3.05, 3.63) is 89.6 Å². The second-order valence-electron chi connectivity index (χ2n) is 7.24. The lowest BCUT2D eigenvalue weighted by Gasteiger charge is -2.24. The minimum absolute atomic E-state index is 0.262. The van der Waals surface area contributed by atoms with Gasteiger partial charge in [-0.1, -0.05) is 41.1 Å². The molecule has 0 unspecified atom stereocenters. The summed E-state index contributed by atoms with van der Waals surface area (Å²) in [5.74, 6) is 0.615. The van der Waals surface area contributed by atoms with Gasteiger partial charge in [0.05, 0.1) is 43.2 Å². The molecule has 0 spiro atoms. The van der Waals surface area contributed by atoms with Crippen LogP contribution in [0.4, 0.5) is 0 Å². The van der Waals surface area contributed by atoms with E-state index in [1.807, 2.05) is 6.07 Å². The zero-order chi connectivity index (χ0) is 23.7. The van der Waals surface area contributed by atoms with E-state index in [0.29, 0.717) is 37.1 Å². The van der Waals surface area contributed by atoms with Crippen LogP contribution >= 0.6 is 22.9 Å². The van der Waals surface area contributed by atoms with Gasteiger partial charge in [-0.15, -0.1) is 0 Å². The zero-order valence-electron chi connectivity index (χ0n) is 18.4. The van der Waals surface area contributed by atoms with Crippen molar-refractivity contribution in [2.45, 2.75) is 13.0 Å². The molecular weight excluding hydrogens is 464 g/mol. The highest BCUT2D eigenvalue weighted by atomic mass is 35.5. The van der Waals surface area contributed by atoms with E-state index in [1.54, 1.807) is 63.6 Å². The summed E-state index contributed by atoms with van der Waals surface area (Å²) in [4.78, 5) is 31.2. The van der Waals surface area contributed by atoms with Gasteiger partial charge in [-0.2, -0.15) is 0 Å². The Kier molecular flexibility index (Phi) is 6.40. The number of aromatic nitrogens is 1. The Morgan fingerprint density at radius 2 is 1.79 bits per heavy atom. The minimum atomic E-state index is -0.682. The second-order valence-corrected chi connectivity index (χ2v) is 8.68. The number of nitrogens with zero attached hydrogens (tertiary/aromatic N) is 2. The summed E-state index contributed by atoms with van der Waals surface area (Å²) in [7, 11) is 4.43. The van der Waals surface area contributed by atoms with Gasteiger partial charge in [0, 0.05) is 5.02 Å². The Balaban J connectivity index is 1.93. The predicted octanol–water partition coefficient (Wildman–Crippen LogP) is 3.08. The van der Waals surface area contributed by atoms with Crippen molar-refractivity contribution in [2.24, 2.45) is 4.99 Å². The van der Waals surface area contributed by atoms with Crippen LogP contribution < -0.4 is 24.4 Å². The largest absolute Gasteiger partial charge is 0.493 e. The Labute approximate surface area is 198 Å². The van der Waals surface area contributed by atoms with Crippen LogP contribution in [0.2, 0.25) is 5.02 Å². The molecule has 3 aromatic rings. The van der Waals surface area contributed by atoms with Gasteiger partial charge in [-0.05, 0) is 48.4 Å². The lowest BCUT2D eigenvalue weighted by Crippen LogP contribution is -2.39. The van der Waals surface area contributed by atoms with E-state index in [2.05, 4.69) is 4.99 Å². The molecule has 0 saturated heterocycles. The summed E-state index contributed by atoms with van der Waals surface area (Å²) in [5, 5.41) is 0.555. The second kappa shape index (κ2) is 9.25. The van der Waals surface area contributed by atoms with Gasteiger partial charge in [0.2, 0.25) is 0 Å². The lowest BCUT2D eigenvalue weighted by atomic mass is 9.96. The number of esters is 1. The first-order valence-electron chi connectivity index (χ1n) is 9.96. The van der Waals surface area contributed by atoms with Crippen molar-refractivity contribution in [1.29, 1.82) is 0 Å². The number of carbonyl (C=O) groups excluding carboxylic acids is 1. The molecule has 1 atom stereocenters. The Bertz CT molecular complexity index is 1440. The maximum absolute atomic E-state index is 13.5. The van der Waals surface area contributed by atoms with Crippen molar-refractivity contribution < 1.29 is 19.0 Å². The van der Waals surface area contributed by atoms with Crippen LogP contribution in [0.3, 0.4) is 0 Å². The van der Waals surface area contributed by atoms with E-state index < -0.39 is 12.0 Å². The molecule has 33 heavy (non-hydrogen) atoms. The fourth-order valence-electron chi connectivity index (χ4n) is 3.75. The maximum Gasteiger partial charge on any atom is 0.338 e. The Hall–Kier alpha value is -3.36. The van der Waals surface area contributed by atoms with Crippen molar-refractivity contribution in [2.75, 3.05) is 21.3 Å². The summed E-state index contributed by atoms with van der Waals surface area (Å²) in [6.45, 7) is 1.74. The highest BCUT2D eigenvalue weighted by Crippen LogP contribution is 2.31. The monoisotopic (exact) mass is 484 g/mol. The SMILES string of the molecule is COC(=O)C1=C(C)N=c2s/c(=C/c3ccc(OC)c(OC)c3)c(=O)n2[C@@H]1c1ccc(Cl)cc1. The number of ether oxygens (including phenoxy) is 3. The van der Waals surface area contributed by atoms with Gasteiger partial charge in [0.25, 0.3) is 5.56 Å². The molecule has 9 heteroatoms. The smallest absolute Gasteiger partial charge is 0.338 e. The first kappa shape index (κ1) is 22.8. The molecule has 2 heterocycles. The first-order chi connectivity index (χ1) is 15.9. The van der Waals surface area contributed by atoms with E-state index in [-0.39, 0.29) is 5.56 Å². The summed E-state index contributed by atoms with van der Waals surface area (Å²) >= 11 is 7.32. The van der Waals surface area contributed by atoms with Crippen molar-refractivity contribution in [3.63, 3.8) is 0 Å². The summed E-state index contributed by atoms with van der Waals surface area (Å²) in [6, 6.07) is 11.7. The number of methoxy groups -OCH3 is 3. The number of benzene rings is 2. The molecule has 0 radical (unpaired) electrons. The maximum atomic E-state index is 13.5. The number of thiazole rings is 1. The zero-order valence-corrected chi connectivity index (χ0v) is 20.0. The molecule has 2 aromatic carbocycles. The van der Waals surface area contributed by atoms with Gasteiger partial charge in [-0.3, -0.25) is 9.36 Å². The third kappa shape index (κ3) is 4.19. The molecule has 1 aliphatic rings. The molecule has 0 N–H and O–H groups in total. The standard InChI is InChI=1S/C24H21ClN2O5S/c1-13-20(23(29)32-4)21(15-6-8-16(25)9-7-15)27-22(28)19(33-24(27)26-13)12-14-5-10-17(30-2)18(11-14)31-3/h5-12,21H,1-4H3/b19-12+/t21-/m1/s1. The van der Waals surface area contributed by atoms with E-state index in [0.717, 1.165) is 11.1 Å². The molecular formula is C24H21ClN2O5S. The van der Waals surface area contributed by atoms with Gasteiger partial charge in [-0.25, -0.2) is 9.79 Å². The van der Waals surface area contributed by atoms with E-state index >= 15 is 0 Å². The van der Waals surface area contributed by atoms with E-state index in [9.17, 15) is 9.59 Å². The summed E-state index contributed by atoms with van der Waals surface area (Å²) < 4.78 is 17.7. The van der Waals surface area contributed by atoms with Crippen LogP contribution in [0, 0.1) is 0 Å². The average Bonchev–Trinajstić information content (AvgIpc) is 3.12. The Morgan fingerprint density at radius 1 is 1.09 bits per heavy atom. The minimum Gasteiger partial charge on any atom is -0.493 e. The average molecular weight is 485 g/mol. The van der Waals surface area contributed by atoms with Crippen LogP contribution in [0.5, 0.6) is 11.5 Å². The number of carbonyl (C=O) groups is 1. The van der Waals surface area contributed by atoms with Crippen molar-refractivity contribution in [3.8, 4) is 11.5 Å². The van der Waals surface area contributed by atoms with Gasteiger partial charge < -0.3 is 14.2 Å². The first-order valence-corrected chi connectivity index (χ1v) is 11.2. The number of allylic oxidation sites excluding steroid dienone is 1. The highest BCUT2D eigenvalue weighted by molar-refractivity contribution is 7.07.